The third kappa shape index (κ3) is 3.36. The third-order valence-corrected chi connectivity index (χ3v) is 3.23. The average Bonchev–Trinajstić information content (AvgIpc) is 2.35. The molecule has 1 aromatic carbocycles. The quantitative estimate of drug-likeness (QED) is 0.475. The van der Waals surface area contributed by atoms with Crippen molar-refractivity contribution in [2.24, 2.45) is 0 Å². The molecule has 0 amide bonds. The predicted molar refractivity (Wildman–Crippen MR) is 70.8 cm³/mol. The number of hydrogen-bond donors (Lipinski definition) is 0. The number of alkyl halides is 2. The monoisotopic (exact) mass is 344 g/mol. The SMILES string of the molecule is C#CCOC(=O)c1cc(CBr)ccc1CBr. The predicted octanol–water partition coefficient (Wildman–Crippen LogP) is 3.27. The molecule has 0 atom stereocenters. The van der Waals surface area contributed by atoms with E-state index in [-0.39, 0.29) is 12.6 Å². The van der Waals surface area contributed by atoms with Crippen LogP contribution < -0.4 is 0 Å². The molecule has 16 heavy (non-hydrogen) atoms. The Morgan fingerprint density at radius 2 is 2.12 bits per heavy atom. The van der Waals surface area contributed by atoms with Crippen molar-refractivity contribution in [2.45, 2.75) is 10.7 Å². The zero-order valence-electron chi connectivity index (χ0n) is 8.50. The van der Waals surface area contributed by atoms with Gasteiger partial charge in [-0.05, 0) is 17.2 Å². The summed E-state index contributed by atoms with van der Waals surface area (Å²) < 4.78 is 4.91. The first-order chi connectivity index (χ1) is 7.72. The van der Waals surface area contributed by atoms with Crippen LogP contribution in [-0.4, -0.2) is 12.6 Å². The highest BCUT2D eigenvalue weighted by Crippen LogP contribution is 2.18. The van der Waals surface area contributed by atoms with Gasteiger partial charge in [0.15, 0.2) is 6.61 Å². The van der Waals surface area contributed by atoms with E-state index in [0.29, 0.717) is 16.2 Å². The summed E-state index contributed by atoms with van der Waals surface area (Å²) in [7, 11) is 0. The highest BCUT2D eigenvalue weighted by molar-refractivity contribution is 9.08. The number of rotatable bonds is 4. The van der Waals surface area contributed by atoms with E-state index >= 15 is 0 Å². The highest BCUT2D eigenvalue weighted by Gasteiger charge is 2.12. The number of halogens is 2. The zero-order valence-corrected chi connectivity index (χ0v) is 11.7. The molecule has 1 rings (SSSR count). The normalized spacial score (nSPS) is 9.56. The molecule has 0 heterocycles. The summed E-state index contributed by atoms with van der Waals surface area (Å²) in [6.45, 7) is -0.000894. The van der Waals surface area contributed by atoms with E-state index in [4.69, 9.17) is 11.2 Å². The molecule has 0 radical (unpaired) electrons. The maximum Gasteiger partial charge on any atom is 0.339 e. The van der Waals surface area contributed by atoms with Gasteiger partial charge in [0.05, 0.1) is 5.56 Å². The van der Waals surface area contributed by atoms with Crippen LogP contribution in [0.4, 0.5) is 0 Å². The second-order valence-corrected chi connectivity index (χ2v) is 4.16. The highest BCUT2D eigenvalue weighted by atomic mass is 79.9. The molecule has 0 aliphatic heterocycles. The Bertz CT molecular complexity index is 422. The molecule has 0 unspecified atom stereocenters. The maximum absolute atomic E-state index is 11.7. The van der Waals surface area contributed by atoms with Gasteiger partial charge in [-0.15, -0.1) is 6.42 Å². The molecule has 0 spiro atoms. The van der Waals surface area contributed by atoms with Crippen LogP contribution in [0.15, 0.2) is 18.2 Å². The molecule has 0 aliphatic rings. The van der Waals surface area contributed by atoms with Crippen molar-refractivity contribution in [2.75, 3.05) is 6.61 Å². The molecule has 0 aromatic heterocycles. The summed E-state index contributed by atoms with van der Waals surface area (Å²) in [5.41, 5.74) is 2.48. The first-order valence-electron chi connectivity index (χ1n) is 4.57. The van der Waals surface area contributed by atoms with Crippen molar-refractivity contribution < 1.29 is 9.53 Å². The van der Waals surface area contributed by atoms with Gasteiger partial charge in [-0.1, -0.05) is 49.9 Å². The fourth-order valence-electron chi connectivity index (χ4n) is 1.20. The van der Waals surface area contributed by atoms with E-state index in [9.17, 15) is 4.79 Å². The van der Waals surface area contributed by atoms with Crippen LogP contribution in [0.3, 0.4) is 0 Å². The molecule has 0 saturated carbocycles. The number of hydrogen-bond acceptors (Lipinski definition) is 2. The second-order valence-electron chi connectivity index (χ2n) is 3.04. The fourth-order valence-corrected chi connectivity index (χ4v) is 2.04. The summed E-state index contributed by atoms with van der Waals surface area (Å²) in [4.78, 5) is 11.7. The smallest absolute Gasteiger partial charge is 0.339 e. The number of terminal acetylenes is 1. The molecule has 0 fully saturated rings. The minimum atomic E-state index is -0.379. The van der Waals surface area contributed by atoms with Gasteiger partial charge in [0, 0.05) is 10.7 Å². The van der Waals surface area contributed by atoms with Gasteiger partial charge in [-0.25, -0.2) is 4.79 Å². The Hall–Kier alpha value is -0.790. The Morgan fingerprint density at radius 1 is 1.38 bits per heavy atom. The summed E-state index contributed by atoms with van der Waals surface area (Å²) in [6.07, 6.45) is 5.04. The number of esters is 1. The maximum atomic E-state index is 11.7. The molecule has 84 valence electrons. The van der Waals surface area contributed by atoms with Gasteiger partial charge in [-0.3, -0.25) is 0 Å². The van der Waals surface area contributed by atoms with Crippen molar-refractivity contribution in [3.8, 4) is 12.3 Å². The molecule has 0 bridgehead atoms. The van der Waals surface area contributed by atoms with Gasteiger partial charge in [0.2, 0.25) is 0 Å². The van der Waals surface area contributed by atoms with Gasteiger partial charge in [0.25, 0.3) is 0 Å². The van der Waals surface area contributed by atoms with Crippen LogP contribution in [0, 0.1) is 12.3 Å². The van der Waals surface area contributed by atoms with E-state index in [1.807, 2.05) is 18.2 Å². The molecular formula is C12H10Br2O2. The lowest BCUT2D eigenvalue weighted by molar-refractivity contribution is 0.0556. The van der Waals surface area contributed by atoms with Gasteiger partial charge < -0.3 is 4.74 Å². The fraction of sp³-hybridized carbons (Fsp3) is 0.250. The summed E-state index contributed by atoms with van der Waals surface area (Å²) in [5.74, 6) is 1.89. The lowest BCUT2D eigenvalue weighted by atomic mass is 10.1. The first kappa shape index (κ1) is 13.3. The van der Waals surface area contributed by atoms with Crippen molar-refractivity contribution in [1.82, 2.24) is 0 Å². The van der Waals surface area contributed by atoms with Crippen LogP contribution >= 0.6 is 31.9 Å². The standard InChI is InChI=1S/C12H10Br2O2/c1-2-5-16-12(15)11-6-9(7-13)3-4-10(11)8-14/h1,3-4,6H,5,7-8H2. The van der Waals surface area contributed by atoms with Crippen LogP contribution in [0.5, 0.6) is 0 Å². The Labute approximate surface area is 112 Å². The second kappa shape index (κ2) is 6.72. The summed E-state index contributed by atoms with van der Waals surface area (Å²) in [6, 6.07) is 5.67. The van der Waals surface area contributed by atoms with Gasteiger partial charge in [0.1, 0.15) is 0 Å². The largest absolute Gasteiger partial charge is 0.449 e. The summed E-state index contributed by atoms with van der Waals surface area (Å²) >= 11 is 6.68. The molecule has 2 nitrogen and oxygen atoms in total. The lowest BCUT2D eigenvalue weighted by Gasteiger charge is -2.07. The van der Waals surface area contributed by atoms with Crippen LogP contribution in [0.25, 0.3) is 0 Å². The lowest BCUT2D eigenvalue weighted by Crippen LogP contribution is -2.08. The van der Waals surface area contributed by atoms with Crippen LogP contribution in [-0.2, 0) is 15.4 Å². The number of carbonyl (C=O) groups is 1. The molecular weight excluding hydrogens is 336 g/mol. The topological polar surface area (TPSA) is 26.3 Å². The first-order valence-corrected chi connectivity index (χ1v) is 6.81. The molecule has 4 heteroatoms. The average molecular weight is 346 g/mol. The number of carbonyl (C=O) groups excluding carboxylic acids is 1. The Morgan fingerprint density at radius 3 is 2.69 bits per heavy atom. The minimum absolute atomic E-state index is 0.000894. The third-order valence-electron chi connectivity index (χ3n) is 1.98. The van der Waals surface area contributed by atoms with Gasteiger partial charge in [-0.2, -0.15) is 0 Å². The molecule has 1 aromatic rings. The Balaban J connectivity index is 2.99. The molecule has 0 saturated heterocycles. The van der Waals surface area contributed by atoms with E-state index in [0.717, 1.165) is 11.1 Å². The molecule has 0 aliphatic carbocycles. The van der Waals surface area contributed by atoms with E-state index in [1.165, 1.54) is 0 Å². The Kier molecular flexibility index (Phi) is 5.58. The van der Waals surface area contributed by atoms with Gasteiger partial charge >= 0.3 is 5.97 Å². The van der Waals surface area contributed by atoms with Crippen LogP contribution in [0.2, 0.25) is 0 Å². The van der Waals surface area contributed by atoms with E-state index in [2.05, 4.69) is 37.8 Å². The molecule has 0 N–H and O–H groups in total. The van der Waals surface area contributed by atoms with Crippen LogP contribution in [0.1, 0.15) is 21.5 Å². The van der Waals surface area contributed by atoms with E-state index < -0.39 is 0 Å². The van der Waals surface area contributed by atoms with Crippen molar-refractivity contribution in [1.29, 1.82) is 0 Å². The minimum Gasteiger partial charge on any atom is -0.449 e. The summed E-state index contributed by atoms with van der Waals surface area (Å²) in [5, 5.41) is 1.31. The number of benzene rings is 1. The van der Waals surface area contributed by atoms with Crippen molar-refractivity contribution in [3.05, 3.63) is 34.9 Å². The number of ether oxygens (including phenoxy) is 1. The van der Waals surface area contributed by atoms with E-state index in [1.54, 1.807) is 0 Å². The zero-order chi connectivity index (χ0) is 12.0. The van der Waals surface area contributed by atoms with Crippen molar-refractivity contribution in [3.63, 3.8) is 0 Å². The van der Waals surface area contributed by atoms with Crippen molar-refractivity contribution >= 4 is 37.8 Å².